The molecule has 6 atom stereocenters. The van der Waals surface area contributed by atoms with Crippen molar-refractivity contribution >= 4 is 34.6 Å². The third kappa shape index (κ3) is 8.08. The van der Waals surface area contributed by atoms with E-state index >= 15 is 0 Å². The first-order valence-corrected chi connectivity index (χ1v) is 17.7. The normalized spacial score (nSPS) is 26.5. The van der Waals surface area contributed by atoms with Gasteiger partial charge in [0, 0.05) is 18.9 Å². The van der Waals surface area contributed by atoms with E-state index in [4.69, 9.17) is 15.0 Å². The summed E-state index contributed by atoms with van der Waals surface area (Å²) in [5.41, 5.74) is 7.86. The van der Waals surface area contributed by atoms with Crippen molar-refractivity contribution in [3.8, 4) is 0 Å². The number of hydrogen-bond donors (Lipinski definition) is 3. The average molecular weight is 662 g/mol. The van der Waals surface area contributed by atoms with E-state index in [0.29, 0.717) is 18.3 Å². The van der Waals surface area contributed by atoms with E-state index < -0.39 is 56.9 Å². The highest BCUT2D eigenvalue weighted by molar-refractivity contribution is 7.92. The highest BCUT2D eigenvalue weighted by Crippen LogP contribution is 2.65. The topological polar surface area (TPSA) is 192 Å². The number of ketones is 1. The largest absolute Gasteiger partial charge is 0.481 e. The van der Waals surface area contributed by atoms with Crippen LogP contribution in [0.2, 0.25) is 0 Å². The van der Waals surface area contributed by atoms with Gasteiger partial charge in [-0.3, -0.25) is 9.59 Å². The molecule has 1 amide bonds. The lowest BCUT2D eigenvalue weighted by molar-refractivity contribution is -0.525. The molecule has 0 aromatic heterocycles. The number of nitro groups is 1. The number of aryl methyl sites for hydroxylation is 1. The second-order valence-corrected chi connectivity index (χ2v) is 16.4. The van der Waals surface area contributed by atoms with E-state index in [1.54, 1.807) is 17.6 Å². The minimum Gasteiger partial charge on any atom is -0.404 e. The number of hydrogen-bond acceptors (Lipinski definition) is 9. The fraction of sp³-hybridized carbons (Fsp3) is 0.710. The number of nitrogens with two attached hydrogens (primary N) is 1. The number of hydrazine groups is 1. The highest BCUT2D eigenvalue weighted by atomic mass is 32.2. The number of carbonyl (C=O) groups excluding carboxylic acids is 2. The fourth-order valence-electron chi connectivity index (χ4n) is 7.48. The molecule has 15 heteroatoms. The maximum atomic E-state index is 13.9. The smallest absolute Gasteiger partial charge is 0.404 e. The molecule has 2 bridgehead atoms. The van der Waals surface area contributed by atoms with Crippen molar-refractivity contribution in [2.75, 3.05) is 12.3 Å². The zero-order chi connectivity index (χ0) is 34.0. The second kappa shape index (κ2) is 14.0. The van der Waals surface area contributed by atoms with Crippen LogP contribution in [0.3, 0.4) is 0 Å². The summed E-state index contributed by atoms with van der Waals surface area (Å²) in [5.74, 6) is -2.36. The van der Waals surface area contributed by atoms with Crippen molar-refractivity contribution in [1.82, 2.24) is 10.7 Å². The maximum Gasteiger partial charge on any atom is 0.481 e. The van der Waals surface area contributed by atoms with E-state index in [0.717, 1.165) is 18.4 Å². The number of amides is 1. The third-order valence-corrected chi connectivity index (χ3v) is 11.8. The molecule has 3 aliphatic carbocycles. The second-order valence-electron chi connectivity index (χ2n) is 14.4. The number of benzene rings is 1. The van der Waals surface area contributed by atoms with Crippen molar-refractivity contribution in [3.63, 3.8) is 0 Å². The first-order valence-electron chi connectivity index (χ1n) is 16.1. The van der Waals surface area contributed by atoms with Crippen LogP contribution in [0.25, 0.3) is 0 Å². The van der Waals surface area contributed by atoms with Gasteiger partial charge in [0.1, 0.15) is 11.5 Å². The number of carbonyl (C=O) groups is 2. The molecule has 4 N–H and O–H groups in total. The van der Waals surface area contributed by atoms with Crippen LogP contribution in [0.4, 0.5) is 0 Å². The Morgan fingerprint density at radius 3 is 2.48 bits per heavy atom. The molecule has 4 fully saturated rings. The Morgan fingerprint density at radius 1 is 1.20 bits per heavy atom. The quantitative estimate of drug-likeness (QED) is 0.0629. The fourth-order valence-corrected chi connectivity index (χ4v) is 8.74. The van der Waals surface area contributed by atoms with Crippen LogP contribution < -0.4 is 16.5 Å². The molecule has 46 heavy (non-hydrogen) atoms. The zero-order valence-electron chi connectivity index (χ0n) is 27.7. The number of Topliss-reactive ketones (excluding diaryl/α,β-unsaturated/α-hetero) is 1. The van der Waals surface area contributed by atoms with Crippen LogP contribution in [-0.4, -0.2) is 68.2 Å². The van der Waals surface area contributed by atoms with E-state index in [2.05, 4.69) is 31.1 Å². The number of guanidine groups is 1. The van der Waals surface area contributed by atoms with Crippen molar-refractivity contribution in [2.24, 2.45) is 39.8 Å². The number of nitrogens with zero attached hydrogens (tertiary/aromatic N) is 2. The van der Waals surface area contributed by atoms with Gasteiger partial charge in [0.25, 0.3) is 5.96 Å². The SMILES string of the molecule is Cc1ccc(S(=O)(=O)CC(=O)C[C@@H](CCCN=C(N)N[N+](=O)[O-])C(=O)N[C@@H](CC(C)C)B2O[C@@H]3C[C@H]4C[C@H](C4(C)C)[C@]3(C)O2)cc1. The van der Waals surface area contributed by atoms with Gasteiger partial charge in [-0.25, -0.2) is 23.5 Å². The van der Waals surface area contributed by atoms with Gasteiger partial charge in [0.05, 0.1) is 22.5 Å². The summed E-state index contributed by atoms with van der Waals surface area (Å²) in [6.45, 7) is 12.7. The Hall–Kier alpha value is -3.04. The van der Waals surface area contributed by atoms with Crippen molar-refractivity contribution in [3.05, 3.63) is 39.9 Å². The number of aliphatic imine (C=N–C) groups is 1. The number of rotatable bonds is 15. The average Bonchev–Trinajstić information content (AvgIpc) is 3.30. The molecule has 1 aromatic carbocycles. The van der Waals surface area contributed by atoms with Crippen molar-refractivity contribution < 1.29 is 32.3 Å². The molecular weight excluding hydrogens is 613 g/mol. The zero-order valence-corrected chi connectivity index (χ0v) is 28.5. The van der Waals surface area contributed by atoms with Gasteiger partial charge < -0.3 is 20.4 Å². The Balaban J connectivity index is 1.48. The van der Waals surface area contributed by atoms with E-state index in [1.807, 2.05) is 20.8 Å². The summed E-state index contributed by atoms with van der Waals surface area (Å²) < 4.78 is 39.1. The monoisotopic (exact) mass is 661 g/mol. The number of sulfone groups is 1. The summed E-state index contributed by atoms with van der Waals surface area (Å²) in [6, 6.07) is 6.25. The molecule has 1 saturated heterocycles. The molecule has 254 valence electrons. The van der Waals surface area contributed by atoms with E-state index in [-0.39, 0.29) is 54.1 Å². The van der Waals surface area contributed by atoms with Gasteiger partial charge in [-0.05, 0) is 81.3 Å². The lowest BCUT2D eigenvalue weighted by Crippen LogP contribution is -2.65. The summed E-state index contributed by atoms with van der Waals surface area (Å²) in [6.07, 6.45) is 2.66. The molecule has 1 aliphatic heterocycles. The van der Waals surface area contributed by atoms with Gasteiger partial charge in [-0.15, -0.1) is 0 Å². The highest BCUT2D eigenvalue weighted by Gasteiger charge is 2.68. The minimum atomic E-state index is -3.91. The molecular formula is C31H48BN5O8S. The summed E-state index contributed by atoms with van der Waals surface area (Å²) in [7, 11) is -4.57. The predicted octanol–water partition coefficient (Wildman–Crippen LogP) is 3.02. The lowest BCUT2D eigenvalue weighted by Gasteiger charge is -2.64. The summed E-state index contributed by atoms with van der Waals surface area (Å²) >= 11 is 0. The molecule has 5 rings (SSSR count). The van der Waals surface area contributed by atoms with Crippen LogP contribution in [0.1, 0.15) is 78.7 Å². The van der Waals surface area contributed by atoms with Crippen LogP contribution in [0.15, 0.2) is 34.2 Å². The molecule has 3 saturated carbocycles. The van der Waals surface area contributed by atoms with Crippen molar-refractivity contribution in [1.29, 1.82) is 0 Å². The first kappa shape index (κ1) is 35.8. The Morgan fingerprint density at radius 2 is 1.87 bits per heavy atom. The molecule has 1 heterocycles. The Kier molecular flexibility index (Phi) is 10.9. The molecule has 13 nitrogen and oxygen atoms in total. The van der Waals surface area contributed by atoms with Crippen LogP contribution >= 0.6 is 0 Å². The van der Waals surface area contributed by atoms with Crippen LogP contribution in [-0.2, 0) is 28.7 Å². The van der Waals surface area contributed by atoms with Gasteiger partial charge in [-0.2, -0.15) is 0 Å². The number of nitrogens with one attached hydrogen (secondary N) is 2. The third-order valence-electron chi connectivity index (χ3n) is 10.1. The predicted molar refractivity (Wildman–Crippen MR) is 174 cm³/mol. The maximum absolute atomic E-state index is 13.9. The van der Waals surface area contributed by atoms with Crippen LogP contribution in [0, 0.1) is 46.1 Å². The Labute approximate surface area is 272 Å². The molecule has 0 spiro atoms. The molecule has 4 aliphatic rings. The van der Waals surface area contributed by atoms with Gasteiger partial charge in [0.15, 0.2) is 14.9 Å². The lowest BCUT2D eigenvalue weighted by atomic mass is 9.43. The molecule has 1 aromatic rings. The summed E-state index contributed by atoms with van der Waals surface area (Å²) in [5, 5.41) is 12.9. The summed E-state index contributed by atoms with van der Waals surface area (Å²) in [4.78, 5) is 41.6. The molecule has 0 radical (unpaired) electrons. The van der Waals surface area contributed by atoms with Gasteiger partial charge >= 0.3 is 7.12 Å². The van der Waals surface area contributed by atoms with E-state index in [9.17, 15) is 28.1 Å². The standard InChI is InChI=1S/C31H48BN5O8S/c1-19(2)14-27(32-44-26-17-22-16-25(30(22,4)5)31(26,6)45-32)35-28(39)21(8-7-13-34-29(33)36-37(40)41)15-23(38)18-46(42,43)24-11-9-20(3)10-12-24/h9-12,19,21-22,25-27H,7-8,13-18H2,1-6H3,(H,35,39)(H3,33,34,36)/t21-,22-,25-,26-,27+,31+/m1/s1. The minimum absolute atomic E-state index is 0.0409. The van der Waals surface area contributed by atoms with Crippen molar-refractivity contribution in [2.45, 2.75) is 103 Å². The van der Waals surface area contributed by atoms with Crippen LogP contribution in [0.5, 0.6) is 0 Å². The Bertz CT molecular complexity index is 1440. The molecule has 0 unspecified atom stereocenters. The van der Waals surface area contributed by atoms with E-state index in [1.165, 1.54) is 12.1 Å². The van der Waals surface area contributed by atoms with Gasteiger partial charge in [-0.1, -0.05) is 50.8 Å². The van der Waals surface area contributed by atoms with Gasteiger partial charge in [0.2, 0.25) is 5.91 Å². The first-order chi connectivity index (χ1) is 21.4.